The van der Waals surface area contributed by atoms with Crippen LogP contribution in [-0.4, -0.2) is 74.1 Å². The number of carbonyl (C=O) groups excluding carboxylic acids is 2. The number of likely N-dealkylation sites (N-methyl/N-ethyl adjacent to an activating group) is 2. The minimum atomic E-state index is -0.263. The molecule has 1 rings (SSSR count). The van der Waals surface area contributed by atoms with Crippen LogP contribution in [0, 0.1) is 25.2 Å². The lowest BCUT2D eigenvalue weighted by Crippen LogP contribution is -2.38. The third-order valence-corrected chi connectivity index (χ3v) is 4.25. The summed E-state index contributed by atoms with van der Waals surface area (Å²) in [5, 5.41) is 12.3. The van der Waals surface area contributed by atoms with Gasteiger partial charge in [0.2, 0.25) is 11.8 Å². The fourth-order valence-corrected chi connectivity index (χ4v) is 2.62. The van der Waals surface area contributed by atoms with E-state index in [-0.39, 0.29) is 24.9 Å². The van der Waals surface area contributed by atoms with Crippen molar-refractivity contribution in [1.29, 1.82) is 5.26 Å². The normalized spacial score (nSPS) is 10.7. The van der Waals surface area contributed by atoms with E-state index >= 15 is 0 Å². The molecule has 0 bridgehead atoms. The maximum Gasteiger partial charge on any atom is 0.239 e. The van der Waals surface area contributed by atoms with Gasteiger partial charge in [0, 0.05) is 40.1 Å². The number of nitrogens with zero attached hydrogens (tertiary/aromatic N) is 4. The molecule has 0 unspecified atom stereocenters. The van der Waals surface area contributed by atoms with Crippen molar-refractivity contribution in [2.45, 2.75) is 26.8 Å². The van der Waals surface area contributed by atoms with Gasteiger partial charge in [0.15, 0.2) is 0 Å². The van der Waals surface area contributed by atoms with Crippen LogP contribution in [0.25, 0.3) is 0 Å². The molecule has 0 aliphatic rings. The minimum absolute atomic E-state index is 0.0613. The highest BCUT2D eigenvalue weighted by Gasteiger charge is 2.20. The summed E-state index contributed by atoms with van der Waals surface area (Å²) in [5.74, 6) is 0.171. The van der Waals surface area contributed by atoms with Crippen molar-refractivity contribution >= 4 is 17.6 Å². The molecule has 26 heavy (non-hydrogen) atoms. The van der Waals surface area contributed by atoms with Gasteiger partial charge in [-0.25, -0.2) is 0 Å². The maximum absolute atomic E-state index is 12.4. The van der Waals surface area contributed by atoms with Gasteiger partial charge in [-0.2, -0.15) is 5.26 Å². The number of hydrogen-bond donors (Lipinski definition) is 1. The maximum atomic E-state index is 12.4. The molecule has 0 saturated heterocycles. The molecule has 1 N–H and O–H groups in total. The van der Waals surface area contributed by atoms with E-state index in [1.54, 1.807) is 33.2 Å². The van der Waals surface area contributed by atoms with E-state index in [9.17, 15) is 14.9 Å². The molecule has 144 valence electrons. The average Bonchev–Trinajstić information content (AvgIpc) is 2.78. The van der Waals surface area contributed by atoms with E-state index in [0.29, 0.717) is 24.5 Å². The highest BCUT2D eigenvalue weighted by molar-refractivity contribution is 5.93. The van der Waals surface area contributed by atoms with Crippen LogP contribution in [0.2, 0.25) is 0 Å². The quantitative estimate of drug-likeness (QED) is 0.660. The second kappa shape index (κ2) is 9.94. The molecular formula is C18H29N5O3. The number of hydrogen-bond acceptors (Lipinski definition) is 5. The van der Waals surface area contributed by atoms with Gasteiger partial charge in [0.1, 0.15) is 11.9 Å². The first kappa shape index (κ1) is 21.7. The summed E-state index contributed by atoms with van der Waals surface area (Å²) in [6, 6.07) is 2.18. The highest BCUT2D eigenvalue weighted by Crippen LogP contribution is 2.26. The fraction of sp³-hybridized carbons (Fsp3) is 0.611. The average molecular weight is 363 g/mol. The Balaban J connectivity index is 2.90. The van der Waals surface area contributed by atoms with Crippen LogP contribution in [0.5, 0.6) is 0 Å². The van der Waals surface area contributed by atoms with E-state index in [0.717, 1.165) is 17.7 Å². The molecule has 0 saturated carbocycles. The third kappa shape index (κ3) is 5.58. The molecule has 8 heteroatoms. The molecule has 0 fully saturated rings. The van der Waals surface area contributed by atoms with Gasteiger partial charge in [-0.05, 0) is 32.9 Å². The molecular weight excluding hydrogens is 334 g/mol. The predicted octanol–water partition coefficient (Wildman–Crippen LogP) is 0.972. The van der Waals surface area contributed by atoms with E-state index in [2.05, 4.69) is 11.4 Å². The minimum Gasteiger partial charge on any atom is -0.385 e. The number of ether oxygens (including phenoxy) is 1. The summed E-state index contributed by atoms with van der Waals surface area (Å²) in [4.78, 5) is 27.3. The molecule has 1 aromatic heterocycles. The molecule has 2 amide bonds. The number of rotatable bonds is 9. The molecule has 0 aliphatic carbocycles. The zero-order valence-corrected chi connectivity index (χ0v) is 16.5. The Morgan fingerprint density at radius 3 is 2.42 bits per heavy atom. The lowest BCUT2D eigenvalue weighted by Gasteiger charge is -2.19. The second-order valence-electron chi connectivity index (χ2n) is 6.55. The summed E-state index contributed by atoms with van der Waals surface area (Å²) in [6.07, 6.45) is 0.774. The van der Waals surface area contributed by atoms with Crippen LogP contribution in [0.3, 0.4) is 0 Å². The van der Waals surface area contributed by atoms with E-state index in [4.69, 9.17) is 4.74 Å². The number of methoxy groups -OCH3 is 1. The Hall–Kier alpha value is -2.37. The first-order chi connectivity index (χ1) is 12.2. The summed E-state index contributed by atoms with van der Waals surface area (Å²) >= 11 is 0. The Kier molecular flexibility index (Phi) is 8.29. The van der Waals surface area contributed by atoms with Gasteiger partial charge >= 0.3 is 0 Å². The summed E-state index contributed by atoms with van der Waals surface area (Å²) in [5.41, 5.74) is 2.28. The molecule has 0 aliphatic heterocycles. The van der Waals surface area contributed by atoms with Crippen molar-refractivity contribution in [3.63, 3.8) is 0 Å². The standard InChI is InChI=1S/C18H29N5O3/c1-13-14(2)23(8-7-9-26-6)18(15(13)10-19)20-16(24)11-22(5)12-17(25)21(3)4/h7-9,11-12H2,1-6H3,(H,20,24). The lowest BCUT2D eigenvalue weighted by atomic mass is 10.2. The first-order valence-corrected chi connectivity index (χ1v) is 8.50. The topological polar surface area (TPSA) is 90.6 Å². The predicted molar refractivity (Wildman–Crippen MR) is 99.9 cm³/mol. The van der Waals surface area contributed by atoms with Gasteiger partial charge in [-0.3, -0.25) is 14.5 Å². The van der Waals surface area contributed by atoms with Crippen molar-refractivity contribution in [2.24, 2.45) is 0 Å². The number of anilines is 1. The number of amides is 2. The number of nitrogens with one attached hydrogen (secondary N) is 1. The highest BCUT2D eigenvalue weighted by atomic mass is 16.5. The second-order valence-corrected chi connectivity index (χ2v) is 6.55. The van der Waals surface area contributed by atoms with Crippen molar-refractivity contribution in [3.8, 4) is 6.07 Å². The van der Waals surface area contributed by atoms with Crippen molar-refractivity contribution in [2.75, 3.05) is 53.3 Å². The van der Waals surface area contributed by atoms with E-state index < -0.39 is 0 Å². The van der Waals surface area contributed by atoms with Gasteiger partial charge in [0.25, 0.3) is 0 Å². The van der Waals surface area contributed by atoms with E-state index in [1.165, 1.54) is 4.90 Å². The van der Waals surface area contributed by atoms with Crippen molar-refractivity contribution in [1.82, 2.24) is 14.4 Å². The van der Waals surface area contributed by atoms with Gasteiger partial charge in [-0.1, -0.05) is 0 Å². The molecule has 0 aromatic carbocycles. The molecule has 1 aromatic rings. The van der Waals surface area contributed by atoms with Crippen molar-refractivity contribution in [3.05, 3.63) is 16.8 Å². The van der Waals surface area contributed by atoms with Crippen LogP contribution in [0.15, 0.2) is 0 Å². The van der Waals surface area contributed by atoms with Gasteiger partial charge in [-0.15, -0.1) is 0 Å². The number of nitriles is 1. The number of aromatic nitrogens is 1. The molecule has 0 radical (unpaired) electrons. The van der Waals surface area contributed by atoms with Crippen LogP contribution >= 0.6 is 0 Å². The zero-order valence-electron chi connectivity index (χ0n) is 16.5. The van der Waals surface area contributed by atoms with Crippen molar-refractivity contribution < 1.29 is 14.3 Å². The Bertz CT molecular complexity index is 688. The third-order valence-electron chi connectivity index (χ3n) is 4.25. The molecule has 1 heterocycles. The summed E-state index contributed by atoms with van der Waals surface area (Å²) in [6.45, 7) is 5.26. The Morgan fingerprint density at radius 2 is 1.88 bits per heavy atom. The van der Waals surface area contributed by atoms with Gasteiger partial charge < -0.3 is 19.5 Å². The molecule has 0 spiro atoms. The zero-order chi connectivity index (χ0) is 19.9. The Labute approximate surface area is 155 Å². The monoisotopic (exact) mass is 363 g/mol. The van der Waals surface area contributed by atoms with Gasteiger partial charge in [0.05, 0.1) is 18.7 Å². The fourth-order valence-electron chi connectivity index (χ4n) is 2.62. The van der Waals surface area contributed by atoms with E-state index in [1.807, 2.05) is 18.4 Å². The van der Waals surface area contributed by atoms with Crippen LogP contribution in [-0.2, 0) is 20.9 Å². The van der Waals surface area contributed by atoms with Crippen LogP contribution < -0.4 is 5.32 Å². The summed E-state index contributed by atoms with van der Waals surface area (Å²) < 4.78 is 7.03. The molecule has 0 atom stereocenters. The largest absolute Gasteiger partial charge is 0.385 e. The van der Waals surface area contributed by atoms with Crippen LogP contribution in [0.1, 0.15) is 23.2 Å². The lowest BCUT2D eigenvalue weighted by molar-refractivity contribution is -0.130. The van der Waals surface area contributed by atoms with Crippen LogP contribution in [0.4, 0.5) is 5.82 Å². The smallest absolute Gasteiger partial charge is 0.239 e. The SMILES string of the molecule is COCCCn1c(C)c(C)c(C#N)c1NC(=O)CN(C)CC(=O)N(C)C. The summed E-state index contributed by atoms with van der Waals surface area (Å²) in [7, 11) is 6.70. The molecule has 8 nitrogen and oxygen atoms in total. The first-order valence-electron chi connectivity index (χ1n) is 8.50. The number of carbonyl (C=O) groups is 2. The Morgan fingerprint density at radius 1 is 1.23 bits per heavy atom.